The molecule has 14 heavy (non-hydrogen) atoms. The van der Waals surface area contributed by atoms with Crippen molar-refractivity contribution in [1.82, 2.24) is 0 Å². The quantitative estimate of drug-likeness (QED) is 0.835. The lowest BCUT2D eigenvalue weighted by Gasteiger charge is -2.05. The van der Waals surface area contributed by atoms with Gasteiger partial charge in [-0.15, -0.1) is 0 Å². The Labute approximate surface area is 89.3 Å². The zero-order valence-electron chi connectivity index (χ0n) is 8.33. The second-order valence-electron chi connectivity index (χ2n) is 3.10. The molecule has 0 bridgehead atoms. The molecule has 0 saturated heterocycles. The molecule has 0 spiro atoms. The van der Waals surface area contributed by atoms with Crippen LogP contribution in [0.15, 0.2) is 24.3 Å². The van der Waals surface area contributed by atoms with Gasteiger partial charge in [-0.05, 0) is 25.1 Å². The highest BCUT2D eigenvalue weighted by Gasteiger charge is 2.00. The highest BCUT2D eigenvalue weighted by atomic mass is 35.5. The van der Waals surface area contributed by atoms with Gasteiger partial charge in [0.15, 0.2) is 0 Å². The molecule has 0 aliphatic carbocycles. The molecule has 1 aromatic rings. The minimum absolute atomic E-state index is 0.0374. The Kier molecular flexibility index (Phi) is 3.98. The van der Waals surface area contributed by atoms with E-state index in [1.165, 1.54) is 0 Å². The molecule has 0 aliphatic heterocycles. The maximum atomic E-state index is 5.83. The van der Waals surface area contributed by atoms with Crippen LogP contribution in [-0.2, 0) is 0 Å². The second kappa shape index (κ2) is 5.03. The lowest BCUT2D eigenvalue weighted by Crippen LogP contribution is -2.09. The number of ether oxygens (including phenoxy) is 1. The highest BCUT2D eigenvalue weighted by Crippen LogP contribution is 2.24. The Morgan fingerprint density at radius 2 is 2.21 bits per heavy atom. The molecule has 2 nitrogen and oxygen atoms in total. The van der Waals surface area contributed by atoms with Crippen LogP contribution in [0.2, 0.25) is 5.02 Å². The van der Waals surface area contributed by atoms with E-state index in [2.05, 4.69) is 0 Å². The molecule has 1 aromatic carbocycles. The van der Waals surface area contributed by atoms with Crippen LogP contribution in [0.3, 0.4) is 0 Å². The van der Waals surface area contributed by atoms with E-state index in [4.69, 9.17) is 22.1 Å². The van der Waals surface area contributed by atoms with Crippen molar-refractivity contribution in [1.29, 1.82) is 0 Å². The summed E-state index contributed by atoms with van der Waals surface area (Å²) in [4.78, 5) is 0. The number of hydrogen-bond donors (Lipinski definition) is 1. The minimum atomic E-state index is 0.0374. The van der Waals surface area contributed by atoms with E-state index >= 15 is 0 Å². The van der Waals surface area contributed by atoms with Crippen LogP contribution in [0.1, 0.15) is 12.5 Å². The van der Waals surface area contributed by atoms with Gasteiger partial charge in [0.1, 0.15) is 5.75 Å². The Bertz CT molecular complexity index is 334. The molecule has 0 fully saturated rings. The predicted octanol–water partition coefficient (Wildman–Crippen LogP) is 2.71. The number of hydrogen-bond acceptors (Lipinski definition) is 2. The Morgan fingerprint density at radius 3 is 2.79 bits per heavy atom. The summed E-state index contributed by atoms with van der Waals surface area (Å²) in [5.74, 6) is 0.759. The molecule has 1 unspecified atom stereocenters. The van der Waals surface area contributed by atoms with Gasteiger partial charge < -0.3 is 10.5 Å². The summed E-state index contributed by atoms with van der Waals surface area (Å²) in [7, 11) is 1.62. The number of halogens is 1. The predicted molar refractivity (Wildman–Crippen MR) is 60.7 cm³/mol. The molecule has 2 N–H and O–H groups in total. The number of rotatable bonds is 3. The number of methoxy groups -OCH3 is 1. The third-order valence-corrected chi connectivity index (χ3v) is 2.01. The zero-order valence-corrected chi connectivity index (χ0v) is 9.08. The molecule has 1 atom stereocenters. The van der Waals surface area contributed by atoms with Gasteiger partial charge in [-0.3, -0.25) is 0 Å². The van der Waals surface area contributed by atoms with E-state index in [9.17, 15) is 0 Å². The molecule has 1 rings (SSSR count). The van der Waals surface area contributed by atoms with Crippen LogP contribution in [0, 0.1) is 0 Å². The van der Waals surface area contributed by atoms with Crippen molar-refractivity contribution in [2.45, 2.75) is 13.0 Å². The summed E-state index contributed by atoms with van der Waals surface area (Å²) < 4.78 is 5.18. The molecule has 0 heterocycles. The van der Waals surface area contributed by atoms with Gasteiger partial charge in [0, 0.05) is 16.6 Å². The summed E-state index contributed by atoms with van der Waals surface area (Å²) in [6.45, 7) is 1.92. The monoisotopic (exact) mass is 211 g/mol. The first-order valence-corrected chi connectivity index (χ1v) is 4.78. The third-order valence-electron chi connectivity index (χ3n) is 1.77. The van der Waals surface area contributed by atoms with Crippen molar-refractivity contribution in [3.63, 3.8) is 0 Å². The smallest absolute Gasteiger partial charge is 0.127 e. The van der Waals surface area contributed by atoms with E-state index in [0.29, 0.717) is 5.02 Å². The van der Waals surface area contributed by atoms with Crippen LogP contribution < -0.4 is 10.5 Å². The van der Waals surface area contributed by atoms with Crippen LogP contribution in [0.4, 0.5) is 0 Å². The first-order chi connectivity index (χ1) is 6.63. The SMILES string of the molecule is COc1cc(Cl)ccc1/C=C/C(C)N. The summed E-state index contributed by atoms with van der Waals surface area (Å²) >= 11 is 5.83. The molecule has 0 aliphatic rings. The fourth-order valence-corrected chi connectivity index (χ4v) is 1.24. The fourth-order valence-electron chi connectivity index (χ4n) is 1.08. The molecule has 0 aromatic heterocycles. The van der Waals surface area contributed by atoms with Gasteiger partial charge in [-0.2, -0.15) is 0 Å². The van der Waals surface area contributed by atoms with Crippen LogP contribution in [-0.4, -0.2) is 13.2 Å². The third kappa shape index (κ3) is 3.05. The lowest BCUT2D eigenvalue weighted by molar-refractivity contribution is 0.414. The van der Waals surface area contributed by atoms with Crippen molar-refractivity contribution < 1.29 is 4.74 Å². The largest absolute Gasteiger partial charge is 0.496 e. The van der Waals surface area contributed by atoms with Crippen LogP contribution in [0.25, 0.3) is 6.08 Å². The van der Waals surface area contributed by atoms with E-state index in [-0.39, 0.29) is 6.04 Å². The average Bonchev–Trinajstić information content (AvgIpc) is 2.15. The second-order valence-corrected chi connectivity index (χ2v) is 3.54. The summed E-state index contributed by atoms with van der Waals surface area (Å²) in [6.07, 6.45) is 3.84. The maximum absolute atomic E-state index is 5.83. The minimum Gasteiger partial charge on any atom is -0.496 e. The van der Waals surface area contributed by atoms with Gasteiger partial charge in [0.2, 0.25) is 0 Å². The van der Waals surface area contributed by atoms with Gasteiger partial charge in [-0.25, -0.2) is 0 Å². The molecular formula is C11H14ClNO. The molecule has 0 radical (unpaired) electrons. The van der Waals surface area contributed by atoms with Crippen molar-refractivity contribution in [2.75, 3.05) is 7.11 Å². The fraction of sp³-hybridized carbons (Fsp3) is 0.273. The molecule has 3 heteroatoms. The van der Waals surface area contributed by atoms with Gasteiger partial charge in [0.25, 0.3) is 0 Å². The number of nitrogens with two attached hydrogens (primary N) is 1. The Balaban J connectivity index is 2.96. The molecule has 76 valence electrons. The number of benzene rings is 1. The lowest BCUT2D eigenvalue weighted by atomic mass is 10.1. The normalized spacial score (nSPS) is 13.1. The van der Waals surface area contributed by atoms with Crippen molar-refractivity contribution >= 4 is 17.7 Å². The van der Waals surface area contributed by atoms with Crippen LogP contribution >= 0.6 is 11.6 Å². The summed E-state index contributed by atoms with van der Waals surface area (Å²) in [5.41, 5.74) is 6.59. The van der Waals surface area contributed by atoms with Crippen molar-refractivity contribution in [3.05, 3.63) is 34.9 Å². The van der Waals surface area contributed by atoms with Crippen molar-refractivity contribution in [3.8, 4) is 5.75 Å². The van der Waals surface area contributed by atoms with E-state index in [1.54, 1.807) is 13.2 Å². The maximum Gasteiger partial charge on any atom is 0.127 e. The van der Waals surface area contributed by atoms with E-state index in [1.807, 2.05) is 31.2 Å². The first kappa shape index (κ1) is 11.1. The molecule has 0 amide bonds. The highest BCUT2D eigenvalue weighted by molar-refractivity contribution is 6.30. The van der Waals surface area contributed by atoms with Crippen LogP contribution in [0.5, 0.6) is 5.75 Å². The van der Waals surface area contributed by atoms with E-state index in [0.717, 1.165) is 11.3 Å². The Morgan fingerprint density at radius 1 is 1.50 bits per heavy atom. The molecular weight excluding hydrogens is 198 g/mol. The first-order valence-electron chi connectivity index (χ1n) is 4.41. The average molecular weight is 212 g/mol. The summed E-state index contributed by atoms with van der Waals surface area (Å²) in [6, 6.07) is 5.54. The zero-order chi connectivity index (χ0) is 10.6. The van der Waals surface area contributed by atoms with Crippen molar-refractivity contribution in [2.24, 2.45) is 5.73 Å². The van der Waals surface area contributed by atoms with Gasteiger partial charge in [-0.1, -0.05) is 23.8 Å². The topological polar surface area (TPSA) is 35.2 Å². The Hall–Kier alpha value is -0.990. The molecule has 0 saturated carbocycles. The van der Waals surface area contributed by atoms with E-state index < -0.39 is 0 Å². The van der Waals surface area contributed by atoms with Gasteiger partial charge >= 0.3 is 0 Å². The standard InChI is InChI=1S/C11H14ClNO/c1-8(13)3-4-9-5-6-10(12)7-11(9)14-2/h3-8H,13H2,1-2H3/b4-3+. The summed E-state index contributed by atoms with van der Waals surface area (Å²) in [5, 5.41) is 0.666. The van der Waals surface area contributed by atoms with Gasteiger partial charge in [0.05, 0.1) is 7.11 Å².